The number of benzene rings is 2. The Morgan fingerprint density at radius 1 is 1.15 bits per heavy atom. The van der Waals surface area contributed by atoms with Crippen molar-refractivity contribution < 1.29 is 17.9 Å². The molecule has 0 spiro atoms. The van der Waals surface area contributed by atoms with Crippen molar-refractivity contribution in [2.45, 2.75) is 30.7 Å². The van der Waals surface area contributed by atoms with Gasteiger partial charge in [0.2, 0.25) is 10.0 Å². The molecule has 144 valence electrons. The summed E-state index contributed by atoms with van der Waals surface area (Å²) in [7, 11) is -3.55. The van der Waals surface area contributed by atoms with Gasteiger partial charge in [-0.2, -0.15) is 4.31 Å². The van der Waals surface area contributed by atoms with E-state index in [1.165, 1.54) is 4.31 Å². The lowest BCUT2D eigenvalue weighted by molar-refractivity contribution is 0.0946. The molecular weight excluding hydrogens is 364 g/mol. The van der Waals surface area contributed by atoms with Crippen LogP contribution in [0.3, 0.4) is 0 Å². The maximum absolute atomic E-state index is 12.9. The van der Waals surface area contributed by atoms with Crippen LogP contribution in [0, 0.1) is 0 Å². The highest BCUT2D eigenvalue weighted by molar-refractivity contribution is 7.89. The number of hydrogen-bond acceptors (Lipinski definition) is 4. The topological polar surface area (TPSA) is 75.7 Å². The smallest absolute Gasteiger partial charge is 0.251 e. The molecule has 1 saturated heterocycles. The summed E-state index contributed by atoms with van der Waals surface area (Å²) < 4.78 is 32.6. The predicted molar refractivity (Wildman–Crippen MR) is 103 cm³/mol. The molecule has 6 nitrogen and oxygen atoms in total. The molecule has 1 aliphatic rings. The van der Waals surface area contributed by atoms with Crippen molar-refractivity contribution in [3.05, 3.63) is 60.2 Å². The molecule has 1 N–H and O–H groups in total. The Morgan fingerprint density at radius 3 is 2.52 bits per heavy atom. The van der Waals surface area contributed by atoms with Crippen LogP contribution in [0.1, 0.15) is 30.1 Å². The molecule has 7 heteroatoms. The van der Waals surface area contributed by atoms with Crippen LogP contribution in [0.25, 0.3) is 0 Å². The van der Waals surface area contributed by atoms with Crippen LogP contribution in [0.2, 0.25) is 0 Å². The van der Waals surface area contributed by atoms with E-state index in [2.05, 4.69) is 5.32 Å². The standard InChI is InChI=1S/C20H24N2O4S/c1-2-26-18-12-10-16(11-13-18)20(23)21-15-17-7-6-14-22(17)27(24,25)19-8-4-3-5-9-19/h3-5,8-13,17H,2,6-7,14-15H2,1H3,(H,21,23)/t17-/m0/s1. The van der Waals surface area contributed by atoms with E-state index in [0.29, 0.717) is 24.5 Å². The Kier molecular flexibility index (Phi) is 6.13. The summed E-state index contributed by atoms with van der Waals surface area (Å²) in [6, 6.07) is 15.1. The highest BCUT2D eigenvalue weighted by atomic mass is 32.2. The Hall–Kier alpha value is -2.38. The van der Waals surface area contributed by atoms with Crippen molar-refractivity contribution in [2.75, 3.05) is 19.7 Å². The SMILES string of the molecule is CCOc1ccc(C(=O)NC[C@@H]2CCCN2S(=O)(=O)c2ccccc2)cc1. The first-order valence-corrected chi connectivity index (χ1v) is 10.5. The lowest BCUT2D eigenvalue weighted by Gasteiger charge is -2.24. The summed E-state index contributed by atoms with van der Waals surface area (Å²) in [6.07, 6.45) is 1.52. The zero-order chi connectivity index (χ0) is 19.3. The van der Waals surface area contributed by atoms with Crippen LogP contribution >= 0.6 is 0 Å². The number of nitrogens with zero attached hydrogens (tertiary/aromatic N) is 1. The summed E-state index contributed by atoms with van der Waals surface area (Å²) in [5, 5.41) is 2.86. The molecule has 0 bridgehead atoms. The van der Waals surface area contributed by atoms with Gasteiger partial charge in [-0.05, 0) is 56.2 Å². The Morgan fingerprint density at radius 2 is 1.85 bits per heavy atom. The number of ether oxygens (including phenoxy) is 1. The second-order valence-electron chi connectivity index (χ2n) is 6.39. The molecular formula is C20H24N2O4S. The molecule has 3 rings (SSSR count). The molecule has 0 aromatic heterocycles. The molecule has 1 atom stereocenters. The number of carbonyl (C=O) groups is 1. The Labute approximate surface area is 160 Å². The first-order valence-electron chi connectivity index (χ1n) is 9.10. The zero-order valence-corrected chi connectivity index (χ0v) is 16.1. The van der Waals surface area contributed by atoms with Gasteiger partial charge in [0.1, 0.15) is 5.75 Å². The van der Waals surface area contributed by atoms with Crippen molar-refractivity contribution in [2.24, 2.45) is 0 Å². The highest BCUT2D eigenvalue weighted by Crippen LogP contribution is 2.25. The lowest BCUT2D eigenvalue weighted by Crippen LogP contribution is -2.43. The molecule has 2 aromatic rings. The number of hydrogen-bond donors (Lipinski definition) is 1. The summed E-state index contributed by atoms with van der Waals surface area (Å²) in [5.41, 5.74) is 0.522. The van der Waals surface area contributed by atoms with Gasteiger partial charge in [0.05, 0.1) is 11.5 Å². The van der Waals surface area contributed by atoms with Crippen molar-refractivity contribution in [1.82, 2.24) is 9.62 Å². The van der Waals surface area contributed by atoms with Gasteiger partial charge in [0, 0.05) is 24.7 Å². The van der Waals surface area contributed by atoms with E-state index in [1.54, 1.807) is 54.6 Å². The van der Waals surface area contributed by atoms with Crippen LogP contribution in [0.15, 0.2) is 59.5 Å². The van der Waals surface area contributed by atoms with Crippen LogP contribution in [-0.4, -0.2) is 44.4 Å². The summed E-state index contributed by atoms with van der Waals surface area (Å²) >= 11 is 0. The van der Waals surface area contributed by atoms with E-state index in [1.807, 2.05) is 6.92 Å². The number of rotatable bonds is 7. The van der Waals surface area contributed by atoms with Crippen molar-refractivity contribution >= 4 is 15.9 Å². The molecule has 1 aliphatic heterocycles. The molecule has 0 aliphatic carbocycles. The van der Waals surface area contributed by atoms with Gasteiger partial charge in [-0.3, -0.25) is 4.79 Å². The molecule has 0 saturated carbocycles. The fourth-order valence-corrected chi connectivity index (χ4v) is 4.95. The number of nitrogens with one attached hydrogen (secondary N) is 1. The molecule has 0 unspecified atom stereocenters. The van der Waals surface area contributed by atoms with Crippen LogP contribution in [0.5, 0.6) is 5.75 Å². The molecule has 1 amide bonds. The van der Waals surface area contributed by atoms with E-state index >= 15 is 0 Å². The normalized spacial score (nSPS) is 17.6. The van der Waals surface area contributed by atoms with Crippen molar-refractivity contribution in [3.63, 3.8) is 0 Å². The van der Waals surface area contributed by atoms with E-state index in [0.717, 1.165) is 12.8 Å². The third-order valence-electron chi connectivity index (χ3n) is 4.60. The van der Waals surface area contributed by atoms with Crippen LogP contribution in [0.4, 0.5) is 0 Å². The highest BCUT2D eigenvalue weighted by Gasteiger charge is 2.35. The van der Waals surface area contributed by atoms with Gasteiger partial charge >= 0.3 is 0 Å². The quantitative estimate of drug-likeness (QED) is 0.791. The van der Waals surface area contributed by atoms with Gasteiger partial charge in [0.25, 0.3) is 5.91 Å². The second-order valence-corrected chi connectivity index (χ2v) is 8.28. The van der Waals surface area contributed by atoms with Gasteiger partial charge in [-0.15, -0.1) is 0 Å². The first-order chi connectivity index (χ1) is 13.0. The van der Waals surface area contributed by atoms with Crippen molar-refractivity contribution in [3.8, 4) is 5.75 Å². The zero-order valence-electron chi connectivity index (χ0n) is 15.3. The largest absolute Gasteiger partial charge is 0.494 e. The Balaban J connectivity index is 1.64. The van der Waals surface area contributed by atoms with Crippen LogP contribution < -0.4 is 10.1 Å². The fraction of sp³-hybridized carbons (Fsp3) is 0.350. The predicted octanol–water partition coefficient (Wildman–Crippen LogP) is 2.67. The molecule has 27 heavy (non-hydrogen) atoms. The second kappa shape index (κ2) is 8.54. The molecule has 2 aromatic carbocycles. The third kappa shape index (κ3) is 4.48. The van der Waals surface area contributed by atoms with Gasteiger partial charge < -0.3 is 10.1 Å². The summed E-state index contributed by atoms with van der Waals surface area (Å²) in [5.74, 6) is 0.493. The first kappa shape index (κ1) is 19.4. The average Bonchev–Trinajstić information content (AvgIpc) is 3.17. The summed E-state index contributed by atoms with van der Waals surface area (Å²) in [4.78, 5) is 12.7. The number of amides is 1. The maximum atomic E-state index is 12.9. The van der Waals surface area contributed by atoms with E-state index < -0.39 is 10.0 Å². The molecule has 0 radical (unpaired) electrons. The number of sulfonamides is 1. The minimum Gasteiger partial charge on any atom is -0.494 e. The van der Waals surface area contributed by atoms with E-state index in [-0.39, 0.29) is 23.4 Å². The minimum atomic E-state index is -3.55. The van der Waals surface area contributed by atoms with Gasteiger partial charge in [0.15, 0.2) is 0 Å². The average molecular weight is 388 g/mol. The monoisotopic (exact) mass is 388 g/mol. The van der Waals surface area contributed by atoms with Crippen molar-refractivity contribution in [1.29, 1.82) is 0 Å². The molecule has 1 heterocycles. The summed E-state index contributed by atoms with van der Waals surface area (Å²) in [6.45, 7) is 3.23. The third-order valence-corrected chi connectivity index (χ3v) is 6.56. The minimum absolute atomic E-state index is 0.220. The van der Waals surface area contributed by atoms with Crippen LogP contribution in [-0.2, 0) is 10.0 Å². The molecule has 1 fully saturated rings. The van der Waals surface area contributed by atoms with Gasteiger partial charge in [-0.25, -0.2) is 8.42 Å². The maximum Gasteiger partial charge on any atom is 0.251 e. The van der Waals surface area contributed by atoms with E-state index in [9.17, 15) is 13.2 Å². The number of carbonyl (C=O) groups excluding carboxylic acids is 1. The van der Waals surface area contributed by atoms with E-state index in [4.69, 9.17) is 4.74 Å². The Bertz CT molecular complexity index is 867. The lowest BCUT2D eigenvalue weighted by atomic mass is 10.2. The fourth-order valence-electron chi connectivity index (χ4n) is 3.24. The van der Waals surface area contributed by atoms with Gasteiger partial charge in [-0.1, -0.05) is 18.2 Å².